The number of benzene rings is 1. The van der Waals surface area contributed by atoms with Gasteiger partial charge in [-0.1, -0.05) is 56.7 Å². The Balaban J connectivity index is 1.53. The Morgan fingerprint density at radius 3 is 2.55 bits per heavy atom. The molecular weight excluding hydrogens is 354 g/mol. The summed E-state index contributed by atoms with van der Waals surface area (Å²) in [5, 5.41) is 0. The Morgan fingerprint density at radius 1 is 1.00 bits per heavy atom. The van der Waals surface area contributed by atoms with E-state index >= 15 is 0 Å². The van der Waals surface area contributed by atoms with Gasteiger partial charge in [-0.3, -0.25) is 0 Å². The quantitative estimate of drug-likeness (QED) is 0.566. The van der Waals surface area contributed by atoms with E-state index in [0.29, 0.717) is 21.8 Å². The second-order valence-electron chi connectivity index (χ2n) is 11.1. The molecule has 0 saturated heterocycles. The lowest BCUT2D eigenvalue weighted by molar-refractivity contribution is -0.899. The van der Waals surface area contributed by atoms with E-state index in [4.69, 9.17) is 0 Å². The molecule has 0 aromatic heterocycles. The maximum Gasteiger partial charge on any atom is 0.338 e. The van der Waals surface area contributed by atoms with Gasteiger partial charge >= 0.3 is 5.91 Å². The molecule has 0 radical (unpaired) electrons. The monoisotopic (exact) mass is 392 g/mol. The SMILES string of the molecule is CC[N+]1(Cc2ccccc2)C(=O)C=C[C@@]2(C)[C@H]1CC[C@H]1[C@@H]3CCC[C@@]3(C)CC[C@@H]12. The molecule has 1 aromatic rings. The summed E-state index contributed by atoms with van der Waals surface area (Å²) in [6.07, 6.45) is 14.0. The van der Waals surface area contributed by atoms with Gasteiger partial charge in [0.1, 0.15) is 12.6 Å². The summed E-state index contributed by atoms with van der Waals surface area (Å²) < 4.78 is 0.627. The molecule has 0 spiro atoms. The summed E-state index contributed by atoms with van der Waals surface area (Å²) in [4.78, 5) is 13.4. The standard InChI is InChI=1S/C27H38NO/c1-4-28(19-20-9-6-5-7-10-20)24-13-12-21-22-11-8-16-26(22,2)17-14-23(21)27(24,3)18-15-25(28)29/h5-7,9-10,15,18,21-24H,4,8,11-14,16-17,19H2,1-3H3/q+1/t21-,22-,23-,24+,26-,27+,28?/m0/s1. The van der Waals surface area contributed by atoms with Crippen LogP contribution in [0.15, 0.2) is 42.5 Å². The molecule has 0 N–H and O–H groups in total. The van der Waals surface area contributed by atoms with Crippen molar-refractivity contribution in [1.82, 2.24) is 0 Å². The summed E-state index contributed by atoms with van der Waals surface area (Å²) in [5.74, 6) is 2.87. The fourth-order valence-electron chi connectivity index (χ4n) is 8.52. The highest BCUT2D eigenvalue weighted by Crippen LogP contribution is 2.64. The lowest BCUT2D eigenvalue weighted by Crippen LogP contribution is -2.69. The maximum absolute atomic E-state index is 13.4. The van der Waals surface area contributed by atoms with Gasteiger partial charge in [0.05, 0.1) is 6.54 Å². The number of carbonyl (C=O) groups is 1. The van der Waals surface area contributed by atoms with Gasteiger partial charge in [-0.25, -0.2) is 9.28 Å². The van der Waals surface area contributed by atoms with Crippen LogP contribution in [0.1, 0.15) is 71.3 Å². The first kappa shape index (κ1) is 19.5. The fourth-order valence-corrected chi connectivity index (χ4v) is 8.52. The zero-order valence-corrected chi connectivity index (χ0v) is 18.6. The Morgan fingerprint density at radius 2 is 1.79 bits per heavy atom. The molecule has 4 aliphatic rings. The van der Waals surface area contributed by atoms with Crippen LogP contribution in [0.25, 0.3) is 0 Å². The minimum absolute atomic E-state index is 0.158. The number of fused-ring (bicyclic) bond motifs is 5. The van der Waals surface area contributed by atoms with E-state index in [2.05, 4.69) is 57.2 Å². The molecule has 7 atom stereocenters. The molecule has 1 aromatic carbocycles. The van der Waals surface area contributed by atoms with Crippen LogP contribution >= 0.6 is 0 Å². The third-order valence-electron chi connectivity index (χ3n) is 10.0. The highest BCUT2D eigenvalue weighted by atomic mass is 16.2. The molecule has 0 bridgehead atoms. The molecule has 2 nitrogen and oxygen atoms in total. The van der Waals surface area contributed by atoms with Crippen molar-refractivity contribution < 1.29 is 9.28 Å². The predicted molar refractivity (Wildman–Crippen MR) is 118 cm³/mol. The molecule has 2 heteroatoms. The average Bonchev–Trinajstić information content (AvgIpc) is 3.13. The summed E-state index contributed by atoms with van der Waals surface area (Å²) >= 11 is 0. The molecular formula is C27H38NO+. The van der Waals surface area contributed by atoms with Crippen LogP contribution < -0.4 is 0 Å². The van der Waals surface area contributed by atoms with E-state index in [1.807, 2.05) is 6.08 Å². The molecule has 29 heavy (non-hydrogen) atoms. The smallest absolute Gasteiger partial charge is 0.250 e. The second-order valence-corrected chi connectivity index (χ2v) is 11.1. The lowest BCUT2D eigenvalue weighted by atomic mass is 9.48. The topological polar surface area (TPSA) is 17.1 Å². The minimum atomic E-state index is 0.158. The molecule has 1 heterocycles. The van der Waals surface area contributed by atoms with Crippen molar-refractivity contribution in [1.29, 1.82) is 0 Å². The van der Waals surface area contributed by atoms with Gasteiger partial charge in [-0.15, -0.1) is 0 Å². The number of nitrogens with zero attached hydrogens (tertiary/aromatic N) is 1. The van der Waals surface area contributed by atoms with Crippen LogP contribution in [0.3, 0.4) is 0 Å². The molecule has 1 unspecified atom stereocenters. The van der Waals surface area contributed by atoms with E-state index in [9.17, 15) is 4.79 Å². The number of amides is 1. The minimum Gasteiger partial charge on any atom is -0.250 e. The lowest BCUT2D eigenvalue weighted by Gasteiger charge is -2.61. The van der Waals surface area contributed by atoms with Crippen LogP contribution in [-0.2, 0) is 11.3 Å². The van der Waals surface area contributed by atoms with E-state index in [1.54, 1.807) is 0 Å². The van der Waals surface area contributed by atoms with Crippen molar-refractivity contribution in [2.75, 3.05) is 6.54 Å². The van der Waals surface area contributed by atoms with E-state index in [0.717, 1.165) is 30.8 Å². The second kappa shape index (κ2) is 6.80. The first-order valence-corrected chi connectivity index (χ1v) is 12.1. The third-order valence-corrected chi connectivity index (χ3v) is 10.0. The molecule has 1 amide bonds. The van der Waals surface area contributed by atoms with E-state index < -0.39 is 0 Å². The van der Waals surface area contributed by atoms with Crippen LogP contribution in [0.5, 0.6) is 0 Å². The number of quaternary nitrogens is 1. The van der Waals surface area contributed by atoms with Gasteiger partial charge < -0.3 is 0 Å². The van der Waals surface area contributed by atoms with Crippen LogP contribution in [0, 0.1) is 28.6 Å². The highest BCUT2D eigenvalue weighted by molar-refractivity contribution is 5.83. The van der Waals surface area contributed by atoms with Crippen LogP contribution in [0.4, 0.5) is 0 Å². The van der Waals surface area contributed by atoms with Crippen molar-refractivity contribution in [3.8, 4) is 0 Å². The summed E-state index contributed by atoms with van der Waals surface area (Å²) in [6, 6.07) is 11.1. The number of hydrogen-bond acceptors (Lipinski definition) is 1. The fraction of sp³-hybridized carbons (Fsp3) is 0.667. The number of rotatable bonds is 3. The summed E-state index contributed by atoms with van der Waals surface area (Å²) in [7, 11) is 0. The molecule has 5 rings (SSSR count). The first-order chi connectivity index (χ1) is 13.9. The largest absolute Gasteiger partial charge is 0.338 e. The maximum atomic E-state index is 13.4. The molecule has 3 saturated carbocycles. The molecule has 156 valence electrons. The van der Waals surface area contributed by atoms with Gasteiger partial charge in [0.2, 0.25) is 0 Å². The van der Waals surface area contributed by atoms with E-state index in [1.165, 1.54) is 50.5 Å². The third kappa shape index (κ3) is 2.74. The van der Waals surface area contributed by atoms with Gasteiger partial charge in [-0.05, 0) is 62.2 Å². The van der Waals surface area contributed by atoms with E-state index in [-0.39, 0.29) is 5.41 Å². The van der Waals surface area contributed by atoms with Crippen LogP contribution in [0.2, 0.25) is 0 Å². The number of hydrogen-bond donors (Lipinski definition) is 0. The van der Waals surface area contributed by atoms with Crippen molar-refractivity contribution >= 4 is 5.91 Å². The Kier molecular flexibility index (Phi) is 4.59. The molecule has 3 fully saturated rings. The highest BCUT2D eigenvalue weighted by Gasteiger charge is 2.63. The molecule has 1 aliphatic heterocycles. The Hall–Kier alpha value is -1.41. The van der Waals surface area contributed by atoms with Crippen molar-refractivity contribution in [3.63, 3.8) is 0 Å². The predicted octanol–water partition coefficient (Wildman–Crippen LogP) is 6.12. The summed E-state index contributed by atoms with van der Waals surface area (Å²) in [5.41, 5.74) is 2.06. The van der Waals surface area contributed by atoms with Gasteiger partial charge in [0.25, 0.3) is 0 Å². The van der Waals surface area contributed by atoms with Crippen molar-refractivity contribution in [2.45, 2.75) is 78.3 Å². The average molecular weight is 393 g/mol. The van der Waals surface area contributed by atoms with Crippen molar-refractivity contribution in [3.05, 3.63) is 48.0 Å². The number of likely N-dealkylation sites (N-methyl/N-ethyl adjacent to an activating group) is 1. The van der Waals surface area contributed by atoms with Crippen LogP contribution in [-0.4, -0.2) is 23.0 Å². The Bertz CT molecular complexity index is 815. The first-order valence-electron chi connectivity index (χ1n) is 12.1. The zero-order valence-electron chi connectivity index (χ0n) is 18.6. The van der Waals surface area contributed by atoms with Crippen molar-refractivity contribution in [2.24, 2.45) is 28.6 Å². The Labute approximate surface area is 177 Å². The number of carbonyl (C=O) groups excluding carboxylic acids is 1. The zero-order chi connectivity index (χ0) is 20.3. The van der Waals surface area contributed by atoms with Gasteiger partial charge in [-0.2, -0.15) is 0 Å². The normalized spacial score (nSPS) is 46.1. The van der Waals surface area contributed by atoms with Gasteiger partial charge in [0, 0.05) is 23.5 Å². The van der Waals surface area contributed by atoms with Gasteiger partial charge in [0.15, 0.2) is 0 Å². The molecule has 3 aliphatic carbocycles. The summed E-state index contributed by atoms with van der Waals surface area (Å²) in [6.45, 7) is 9.08.